The Bertz CT molecular complexity index is 1150. The fourth-order valence-electron chi connectivity index (χ4n) is 4.36. The van der Waals surface area contributed by atoms with E-state index in [0.29, 0.717) is 6.42 Å². The van der Waals surface area contributed by atoms with E-state index in [2.05, 4.69) is 109 Å². The van der Waals surface area contributed by atoms with Crippen molar-refractivity contribution in [3.05, 3.63) is 108 Å². The zero-order chi connectivity index (χ0) is 22.3. The number of hydrogen-bond acceptors (Lipinski definition) is 1. The highest BCUT2D eigenvalue weighted by atomic mass is 16.1. The molecule has 3 aromatic carbocycles. The number of para-hydroxylation sites is 1. The van der Waals surface area contributed by atoms with Crippen molar-refractivity contribution in [2.24, 2.45) is 0 Å². The van der Waals surface area contributed by atoms with Gasteiger partial charge in [0, 0.05) is 36.1 Å². The topological polar surface area (TPSA) is 34.0 Å². The molecule has 1 N–H and O–H groups in total. The normalized spacial score (nSPS) is 13.1. The second-order valence-corrected chi connectivity index (χ2v) is 8.68. The third-order valence-corrected chi connectivity index (χ3v) is 6.23. The van der Waals surface area contributed by atoms with Gasteiger partial charge in [0.1, 0.15) is 0 Å². The number of amides is 1. The summed E-state index contributed by atoms with van der Waals surface area (Å²) in [7, 11) is 0. The monoisotopic (exact) mass is 424 g/mol. The minimum Gasteiger partial charge on any atom is -0.354 e. The minimum absolute atomic E-state index is 0.114. The van der Waals surface area contributed by atoms with Crippen molar-refractivity contribution in [3.63, 3.8) is 0 Å². The van der Waals surface area contributed by atoms with Crippen LogP contribution < -0.4 is 5.32 Å². The van der Waals surface area contributed by atoms with Gasteiger partial charge in [-0.25, -0.2) is 0 Å². The van der Waals surface area contributed by atoms with Crippen LogP contribution in [-0.2, 0) is 17.8 Å². The van der Waals surface area contributed by atoms with Crippen LogP contribution in [-0.4, -0.2) is 16.5 Å². The molecule has 164 valence electrons. The molecule has 1 amide bonds. The molecule has 4 aromatic rings. The van der Waals surface area contributed by atoms with E-state index in [0.717, 1.165) is 19.4 Å². The van der Waals surface area contributed by atoms with E-state index < -0.39 is 0 Å². The Labute approximate surface area is 191 Å². The van der Waals surface area contributed by atoms with Gasteiger partial charge in [0.2, 0.25) is 5.91 Å². The van der Waals surface area contributed by atoms with Crippen LogP contribution in [0, 0.1) is 0 Å². The molecule has 4 rings (SSSR count). The number of aromatic nitrogens is 1. The first-order valence-corrected chi connectivity index (χ1v) is 11.6. The maximum absolute atomic E-state index is 12.9. The number of rotatable bonds is 9. The maximum atomic E-state index is 12.9. The van der Waals surface area contributed by atoms with Crippen LogP contribution in [0.4, 0.5) is 0 Å². The smallest absolute Gasteiger partial charge is 0.220 e. The van der Waals surface area contributed by atoms with Crippen LogP contribution in [0.1, 0.15) is 49.3 Å². The standard InChI is InChI=1S/C29H32N2O/c1-3-22(2)30-29(32)19-25(18-23-12-6-4-7-13-23)27-21-31(20-24-14-8-5-9-15-24)28-17-11-10-16-26(27)28/h4-17,21-22,25H,3,18-20H2,1-2H3,(H,30,32). The average molecular weight is 425 g/mol. The van der Waals surface area contributed by atoms with Gasteiger partial charge in [-0.2, -0.15) is 0 Å². The molecule has 3 nitrogen and oxygen atoms in total. The van der Waals surface area contributed by atoms with Gasteiger partial charge >= 0.3 is 0 Å². The van der Waals surface area contributed by atoms with Crippen LogP contribution in [0.25, 0.3) is 10.9 Å². The molecule has 0 aliphatic rings. The van der Waals surface area contributed by atoms with Gasteiger partial charge in [0.15, 0.2) is 0 Å². The van der Waals surface area contributed by atoms with Crippen molar-refractivity contribution in [1.29, 1.82) is 0 Å². The summed E-state index contributed by atoms with van der Waals surface area (Å²) in [4.78, 5) is 12.9. The number of nitrogens with one attached hydrogen (secondary N) is 1. The zero-order valence-corrected chi connectivity index (χ0v) is 19.0. The van der Waals surface area contributed by atoms with Crippen molar-refractivity contribution >= 4 is 16.8 Å². The second-order valence-electron chi connectivity index (χ2n) is 8.68. The molecule has 2 unspecified atom stereocenters. The number of carbonyl (C=O) groups excluding carboxylic acids is 1. The second kappa shape index (κ2) is 10.3. The van der Waals surface area contributed by atoms with E-state index in [1.54, 1.807) is 0 Å². The summed E-state index contributed by atoms with van der Waals surface area (Å²) in [5.41, 5.74) is 4.99. The van der Waals surface area contributed by atoms with E-state index in [4.69, 9.17) is 0 Å². The molecule has 0 fully saturated rings. The molecule has 1 heterocycles. The molecule has 0 saturated carbocycles. The van der Waals surface area contributed by atoms with Crippen molar-refractivity contribution in [3.8, 4) is 0 Å². The largest absolute Gasteiger partial charge is 0.354 e. The molecular formula is C29H32N2O. The first-order chi connectivity index (χ1) is 15.6. The van der Waals surface area contributed by atoms with Gasteiger partial charge in [0.05, 0.1) is 0 Å². The fourth-order valence-corrected chi connectivity index (χ4v) is 4.36. The molecule has 1 aromatic heterocycles. The highest BCUT2D eigenvalue weighted by molar-refractivity contribution is 5.86. The lowest BCUT2D eigenvalue weighted by molar-refractivity contribution is -0.122. The molecule has 0 radical (unpaired) electrons. The van der Waals surface area contributed by atoms with E-state index in [1.807, 2.05) is 6.07 Å². The highest BCUT2D eigenvalue weighted by Gasteiger charge is 2.22. The van der Waals surface area contributed by atoms with Crippen LogP contribution in [0.2, 0.25) is 0 Å². The van der Waals surface area contributed by atoms with E-state index in [-0.39, 0.29) is 17.9 Å². The summed E-state index contributed by atoms with van der Waals surface area (Å²) in [5, 5.41) is 4.40. The van der Waals surface area contributed by atoms with E-state index >= 15 is 0 Å². The summed E-state index contributed by atoms with van der Waals surface area (Å²) in [6.45, 7) is 4.98. The summed E-state index contributed by atoms with van der Waals surface area (Å²) in [5.74, 6) is 0.239. The van der Waals surface area contributed by atoms with Gasteiger partial charge in [-0.1, -0.05) is 85.8 Å². The van der Waals surface area contributed by atoms with Crippen molar-refractivity contribution < 1.29 is 4.79 Å². The molecule has 0 spiro atoms. The number of hydrogen-bond donors (Lipinski definition) is 1. The summed E-state index contributed by atoms with van der Waals surface area (Å²) < 4.78 is 2.32. The maximum Gasteiger partial charge on any atom is 0.220 e. The first-order valence-electron chi connectivity index (χ1n) is 11.6. The Morgan fingerprint density at radius 1 is 0.875 bits per heavy atom. The third kappa shape index (κ3) is 5.28. The molecule has 0 aliphatic heterocycles. The minimum atomic E-state index is 0.114. The molecule has 0 aliphatic carbocycles. The number of nitrogens with zero attached hydrogens (tertiary/aromatic N) is 1. The Hall–Kier alpha value is -3.33. The van der Waals surface area contributed by atoms with Gasteiger partial charge in [-0.05, 0) is 48.4 Å². The SMILES string of the molecule is CCC(C)NC(=O)CC(Cc1ccccc1)c1cn(Cc2ccccc2)c2ccccc12. The number of benzene rings is 3. The Kier molecular flexibility index (Phi) is 7.06. The average Bonchev–Trinajstić information content (AvgIpc) is 3.18. The van der Waals surface area contributed by atoms with E-state index in [9.17, 15) is 4.79 Å². The summed E-state index contributed by atoms with van der Waals surface area (Å²) >= 11 is 0. The van der Waals surface area contributed by atoms with Crippen molar-refractivity contribution in [1.82, 2.24) is 9.88 Å². The molecular weight excluding hydrogens is 392 g/mol. The van der Waals surface area contributed by atoms with Crippen molar-refractivity contribution in [2.45, 2.75) is 51.6 Å². The predicted octanol–water partition coefficient (Wildman–Crippen LogP) is 6.32. The van der Waals surface area contributed by atoms with Crippen LogP contribution >= 0.6 is 0 Å². The predicted molar refractivity (Wildman–Crippen MR) is 133 cm³/mol. The lowest BCUT2D eigenvalue weighted by Gasteiger charge is -2.19. The Morgan fingerprint density at radius 3 is 2.19 bits per heavy atom. The highest BCUT2D eigenvalue weighted by Crippen LogP contribution is 2.33. The van der Waals surface area contributed by atoms with Crippen LogP contribution in [0.3, 0.4) is 0 Å². The summed E-state index contributed by atoms with van der Waals surface area (Å²) in [6, 6.07) is 29.8. The molecule has 2 atom stereocenters. The van der Waals surface area contributed by atoms with E-state index in [1.165, 1.54) is 27.6 Å². The Morgan fingerprint density at radius 2 is 1.50 bits per heavy atom. The Balaban J connectivity index is 1.70. The summed E-state index contributed by atoms with van der Waals surface area (Å²) in [6.07, 6.45) is 4.53. The quantitative estimate of drug-likeness (QED) is 0.335. The molecule has 0 saturated heterocycles. The number of carbonyl (C=O) groups is 1. The van der Waals surface area contributed by atoms with Gasteiger partial charge < -0.3 is 9.88 Å². The van der Waals surface area contributed by atoms with Gasteiger partial charge in [0.25, 0.3) is 0 Å². The van der Waals surface area contributed by atoms with Crippen LogP contribution in [0.15, 0.2) is 91.1 Å². The van der Waals surface area contributed by atoms with Gasteiger partial charge in [-0.3, -0.25) is 4.79 Å². The van der Waals surface area contributed by atoms with Crippen molar-refractivity contribution in [2.75, 3.05) is 0 Å². The first kappa shape index (κ1) is 21.9. The molecule has 32 heavy (non-hydrogen) atoms. The van der Waals surface area contributed by atoms with Crippen LogP contribution in [0.5, 0.6) is 0 Å². The molecule has 3 heteroatoms. The fraction of sp³-hybridized carbons (Fsp3) is 0.276. The third-order valence-electron chi connectivity index (χ3n) is 6.23. The lowest BCUT2D eigenvalue weighted by atomic mass is 9.88. The van der Waals surface area contributed by atoms with Gasteiger partial charge in [-0.15, -0.1) is 0 Å². The number of fused-ring (bicyclic) bond motifs is 1. The molecule has 0 bridgehead atoms. The zero-order valence-electron chi connectivity index (χ0n) is 19.0. The lowest BCUT2D eigenvalue weighted by Crippen LogP contribution is -2.33.